The molecule has 1 unspecified atom stereocenters. The van der Waals surface area contributed by atoms with Gasteiger partial charge >= 0.3 is 0 Å². The molecule has 0 bridgehead atoms. The first-order valence-corrected chi connectivity index (χ1v) is 9.00. The number of thiophene rings is 1. The van der Waals surface area contributed by atoms with E-state index in [1.807, 2.05) is 25.0 Å². The zero-order valence-electron chi connectivity index (χ0n) is 12.8. The van der Waals surface area contributed by atoms with Gasteiger partial charge in [-0.3, -0.25) is 9.67 Å². The van der Waals surface area contributed by atoms with E-state index < -0.39 is 0 Å². The van der Waals surface area contributed by atoms with Gasteiger partial charge in [-0.25, -0.2) is 0 Å². The molecule has 1 N–H and O–H groups in total. The van der Waals surface area contributed by atoms with Crippen molar-refractivity contribution in [2.45, 2.75) is 18.9 Å². The molecule has 1 aliphatic rings. The molecule has 0 spiro atoms. The van der Waals surface area contributed by atoms with Crippen LogP contribution in [0.25, 0.3) is 0 Å². The number of aromatic nitrogens is 2. The van der Waals surface area contributed by atoms with Crippen molar-refractivity contribution in [1.29, 1.82) is 0 Å². The van der Waals surface area contributed by atoms with Crippen molar-refractivity contribution in [2.75, 3.05) is 20.1 Å². The summed E-state index contributed by atoms with van der Waals surface area (Å²) in [5, 5.41) is 9.85. The van der Waals surface area contributed by atoms with Crippen molar-refractivity contribution < 1.29 is 0 Å². The number of nitrogens with one attached hydrogen (secondary N) is 1. The van der Waals surface area contributed by atoms with Crippen LogP contribution in [0.5, 0.6) is 0 Å². The molecule has 3 rings (SSSR count). The summed E-state index contributed by atoms with van der Waals surface area (Å²) in [7, 11) is 3.82. The molecule has 3 heterocycles. The SMILES string of the molecule is CN=C(NCc1cc(Br)cs1)N1CCC(c2cnn(C)c2)C1. The van der Waals surface area contributed by atoms with Gasteiger partial charge in [0.2, 0.25) is 0 Å². The van der Waals surface area contributed by atoms with Crippen LogP contribution in [-0.4, -0.2) is 40.8 Å². The summed E-state index contributed by atoms with van der Waals surface area (Å²) in [4.78, 5) is 8.06. The number of aryl methyl sites for hydroxylation is 1. The molecule has 0 radical (unpaired) electrons. The maximum atomic E-state index is 4.43. The maximum Gasteiger partial charge on any atom is 0.193 e. The van der Waals surface area contributed by atoms with E-state index in [9.17, 15) is 0 Å². The second-order valence-corrected chi connectivity index (χ2v) is 7.42. The Bertz CT molecular complexity index is 662. The highest BCUT2D eigenvalue weighted by Crippen LogP contribution is 2.26. The molecule has 1 aliphatic heterocycles. The van der Waals surface area contributed by atoms with E-state index in [0.29, 0.717) is 5.92 Å². The number of aliphatic imine (C=N–C) groups is 1. The Labute approximate surface area is 143 Å². The van der Waals surface area contributed by atoms with E-state index in [0.717, 1.165) is 36.5 Å². The molecule has 0 aliphatic carbocycles. The van der Waals surface area contributed by atoms with Gasteiger partial charge in [-0.1, -0.05) is 0 Å². The summed E-state index contributed by atoms with van der Waals surface area (Å²) < 4.78 is 3.02. The minimum absolute atomic E-state index is 0.545. The van der Waals surface area contributed by atoms with Crippen molar-refractivity contribution in [2.24, 2.45) is 12.0 Å². The molecule has 0 aromatic carbocycles. The van der Waals surface area contributed by atoms with Crippen LogP contribution in [0.4, 0.5) is 0 Å². The molecule has 1 atom stereocenters. The zero-order valence-corrected chi connectivity index (χ0v) is 15.2. The summed E-state index contributed by atoms with van der Waals surface area (Å²) in [6.07, 6.45) is 5.25. The predicted molar refractivity (Wildman–Crippen MR) is 94.4 cm³/mol. The summed E-state index contributed by atoms with van der Waals surface area (Å²) in [5.41, 5.74) is 1.32. The van der Waals surface area contributed by atoms with Crippen molar-refractivity contribution in [3.8, 4) is 0 Å². The van der Waals surface area contributed by atoms with Crippen LogP contribution in [0.3, 0.4) is 0 Å². The first-order chi connectivity index (χ1) is 10.7. The molecule has 5 nitrogen and oxygen atoms in total. The Kier molecular flexibility index (Phi) is 4.83. The Morgan fingerprint density at radius 2 is 2.45 bits per heavy atom. The molecule has 0 saturated carbocycles. The molecule has 0 amide bonds. The van der Waals surface area contributed by atoms with Gasteiger partial charge in [-0.15, -0.1) is 11.3 Å². The smallest absolute Gasteiger partial charge is 0.193 e. The van der Waals surface area contributed by atoms with Gasteiger partial charge in [0.05, 0.1) is 12.7 Å². The number of likely N-dealkylation sites (tertiary alicyclic amines) is 1. The molecule has 2 aromatic heterocycles. The third kappa shape index (κ3) is 3.52. The normalized spacial score (nSPS) is 19.0. The van der Waals surface area contributed by atoms with Crippen LogP contribution < -0.4 is 5.32 Å². The van der Waals surface area contributed by atoms with Gasteiger partial charge in [-0.05, 0) is 34.0 Å². The van der Waals surface area contributed by atoms with Crippen molar-refractivity contribution >= 4 is 33.2 Å². The first kappa shape index (κ1) is 15.6. The highest BCUT2D eigenvalue weighted by molar-refractivity contribution is 9.10. The van der Waals surface area contributed by atoms with Crippen LogP contribution in [0.1, 0.15) is 22.8 Å². The van der Waals surface area contributed by atoms with Crippen molar-refractivity contribution in [3.05, 3.63) is 38.8 Å². The van der Waals surface area contributed by atoms with Crippen molar-refractivity contribution in [1.82, 2.24) is 20.0 Å². The van der Waals surface area contributed by atoms with Gasteiger partial charge in [0.1, 0.15) is 0 Å². The van der Waals surface area contributed by atoms with E-state index in [1.54, 1.807) is 11.3 Å². The van der Waals surface area contributed by atoms with E-state index in [1.165, 1.54) is 10.4 Å². The number of hydrogen-bond acceptors (Lipinski definition) is 3. The van der Waals surface area contributed by atoms with Crippen LogP contribution >= 0.6 is 27.3 Å². The van der Waals surface area contributed by atoms with Gasteiger partial charge in [0.15, 0.2) is 5.96 Å². The molecule has 2 aromatic rings. The fourth-order valence-corrected chi connectivity index (χ4v) is 4.21. The van der Waals surface area contributed by atoms with E-state index in [-0.39, 0.29) is 0 Å². The monoisotopic (exact) mass is 381 g/mol. The lowest BCUT2D eigenvalue weighted by molar-refractivity contribution is 0.486. The lowest BCUT2D eigenvalue weighted by Crippen LogP contribution is -2.39. The molecule has 118 valence electrons. The molecule has 1 fully saturated rings. The number of hydrogen-bond donors (Lipinski definition) is 1. The van der Waals surface area contributed by atoms with Crippen LogP contribution in [0.15, 0.2) is 33.3 Å². The van der Waals surface area contributed by atoms with Crippen LogP contribution in [-0.2, 0) is 13.6 Å². The first-order valence-electron chi connectivity index (χ1n) is 7.32. The largest absolute Gasteiger partial charge is 0.351 e. The van der Waals surface area contributed by atoms with Crippen LogP contribution in [0.2, 0.25) is 0 Å². The average molecular weight is 382 g/mol. The zero-order chi connectivity index (χ0) is 15.5. The lowest BCUT2D eigenvalue weighted by atomic mass is 10.0. The van der Waals surface area contributed by atoms with E-state index in [2.05, 4.69) is 53.9 Å². The maximum absolute atomic E-state index is 4.43. The highest BCUT2D eigenvalue weighted by Gasteiger charge is 2.26. The molecule has 22 heavy (non-hydrogen) atoms. The fourth-order valence-electron chi connectivity index (χ4n) is 2.82. The van der Waals surface area contributed by atoms with Crippen LogP contribution in [0, 0.1) is 0 Å². The average Bonchev–Trinajstić information content (AvgIpc) is 3.21. The Hall–Kier alpha value is -1.34. The third-order valence-corrected chi connectivity index (χ3v) is 5.64. The van der Waals surface area contributed by atoms with E-state index >= 15 is 0 Å². The number of guanidine groups is 1. The molecular weight excluding hydrogens is 362 g/mol. The minimum atomic E-state index is 0.545. The van der Waals surface area contributed by atoms with Crippen molar-refractivity contribution in [3.63, 3.8) is 0 Å². The molecule has 7 heteroatoms. The minimum Gasteiger partial charge on any atom is -0.351 e. The summed E-state index contributed by atoms with van der Waals surface area (Å²) in [5.74, 6) is 1.53. The van der Waals surface area contributed by atoms with Gasteiger partial charge in [-0.2, -0.15) is 5.10 Å². The Morgan fingerprint density at radius 1 is 1.59 bits per heavy atom. The highest BCUT2D eigenvalue weighted by atomic mass is 79.9. The lowest BCUT2D eigenvalue weighted by Gasteiger charge is -2.21. The fraction of sp³-hybridized carbons (Fsp3) is 0.467. The summed E-state index contributed by atoms with van der Waals surface area (Å²) >= 11 is 5.24. The predicted octanol–water partition coefficient (Wildman–Crippen LogP) is 2.81. The third-order valence-electron chi connectivity index (χ3n) is 3.94. The number of halogens is 1. The number of nitrogens with zero attached hydrogens (tertiary/aromatic N) is 4. The Balaban J connectivity index is 1.58. The Morgan fingerprint density at radius 3 is 3.09 bits per heavy atom. The molecule has 1 saturated heterocycles. The quantitative estimate of drug-likeness (QED) is 0.656. The second kappa shape index (κ2) is 6.83. The summed E-state index contributed by atoms with van der Waals surface area (Å²) in [6, 6.07) is 2.15. The second-order valence-electron chi connectivity index (χ2n) is 5.51. The van der Waals surface area contributed by atoms with Gasteiger partial charge in [0.25, 0.3) is 0 Å². The number of rotatable bonds is 3. The topological polar surface area (TPSA) is 45.5 Å². The summed E-state index contributed by atoms with van der Waals surface area (Å²) in [6.45, 7) is 2.85. The van der Waals surface area contributed by atoms with Gasteiger partial charge < -0.3 is 10.2 Å². The van der Waals surface area contributed by atoms with Gasteiger partial charge in [0, 0.05) is 54.0 Å². The van der Waals surface area contributed by atoms with E-state index in [4.69, 9.17) is 0 Å². The standard InChI is InChI=1S/C15H20BrN5S/c1-17-15(18-7-14-5-13(16)10-22-14)21-4-3-11(9-21)12-6-19-20(2)8-12/h5-6,8,10-11H,3-4,7,9H2,1-2H3,(H,17,18). The molecular formula is C15H20BrN5S.